The molecule has 0 spiro atoms. The monoisotopic (exact) mass is 354 g/mol. The Balaban J connectivity index is 2.36. The van der Waals surface area contributed by atoms with Crippen molar-refractivity contribution in [3.63, 3.8) is 0 Å². The standard InChI is InChI=1S/C16H17BrF2N2/c1-9-3-10(2)5-11(4-9)6-15(21-20)16-13(18)7-12(17)8-14(16)19/h3-5,7-8,15,21H,6,20H2,1-2H3. The smallest absolute Gasteiger partial charge is 0.132 e. The summed E-state index contributed by atoms with van der Waals surface area (Å²) in [6.45, 7) is 3.98. The third-order valence-electron chi connectivity index (χ3n) is 3.31. The van der Waals surface area contributed by atoms with Gasteiger partial charge in [0.1, 0.15) is 11.6 Å². The fraction of sp³-hybridized carbons (Fsp3) is 0.250. The molecule has 0 saturated heterocycles. The zero-order chi connectivity index (χ0) is 15.6. The fourth-order valence-electron chi connectivity index (χ4n) is 2.55. The van der Waals surface area contributed by atoms with Crippen LogP contribution >= 0.6 is 15.9 Å². The van der Waals surface area contributed by atoms with Gasteiger partial charge in [-0.25, -0.2) is 8.78 Å². The molecule has 1 atom stereocenters. The van der Waals surface area contributed by atoms with Gasteiger partial charge in [0.2, 0.25) is 0 Å². The van der Waals surface area contributed by atoms with Gasteiger partial charge in [0.15, 0.2) is 0 Å². The van der Waals surface area contributed by atoms with Gasteiger partial charge >= 0.3 is 0 Å². The second-order valence-corrected chi connectivity index (χ2v) is 6.12. The van der Waals surface area contributed by atoms with E-state index in [0.717, 1.165) is 16.7 Å². The maximum atomic E-state index is 14.0. The second kappa shape index (κ2) is 6.64. The molecule has 2 aromatic rings. The van der Waals surface area contributed by atoms with Crippen LogP contribution in [0.15, 0.2) is 34.8 Å². The summed E-state index contributed by atoms with van der Waals surface area (Å²) in [4.78, 5) is 0. The van der Waals surface area contributed by atoms with E-state index in [4.69, 9.17) is 5.84 Å². The Kier molecular flexibility index (Phi) is 5.08. The molecule has 0 saturated carbocycles. The zero-order valence-corrected chi connectivity index (χ0v) is 13.5. The van der Waals surface area contributed by atoms with E-state index >= 15 is 0 Å². The minimum atomic E-state index is -0.626. The molecular formula is C16H17BrF2N2. The first-order valence-electron chi connectivity index (χ1n) is 6.58. The number of halogens is 3. The van der Waals surface area contributed by atoms with Crippen LogP contribution in [0.3, 0.4) is 0 Å². The Hall–Kier alpha value is -1.30. The first-order valence-corrected chi connectivity index (χ1v) is 7.37. The van der Waals surface area contributed by atoms with Gasteiger partial charge in [-0.2, -0.15) is 0 Å². The lowest BCUT2D eigenvalue weighted by Gasteiger charge is -2.19. The van der Waals surface area contributed by atoms with Gasteiger partial charge in [-0.1, -0.05) is 45.3 Å². The van der Waals surface area contributed by atoms with Crippen molar-refractivity contribution in [3.05, 3.63) is 68.7 Å². The summed E-state index contributed by atoms with van der Waals surface area (Å²) < 4.78 is 28.5. The van der Waals surface area contributed by atoms with Gasteiger partial charge in [0, 0.05) is 10.0 Å². The Morgan fingerprint density at radius 1 is 1.05 bits per heavy atom. The van der Waals surface area contributed by atoms with E-state index in [-0.39, 0.29) is 5.56 Å². The summed E-state index contributed by atoms with van der Waals surface area (Å²) in [6, 6.07) is 7.89. The molecule has 2 nitrogen and oxygen atoms in total. The highest BCUT2D eigenvalue weighted by Crippen LogP contribution is 2.27. The van der Waals surface area contributed by atoms with Gasteiger partial charge < -0.3 is 0 Å². The van der Waals surface area contributed by atoms with Crippen LogP contribution in [-0.4, -0.2) is 0 Å². The molecule has 0 aliphatic rings. The fourth-order valence-corrected chi connectivity index (χ4v) is 2.96. The van der Waals surface area contributed by atoms with Crippen LogP contribution in [0.2, 0.25) is 0 Å². The lowest BCUT2D eigenvalue weighted by molar-refractivity contribution is 0.472. The molecule has 112 valence electrons. The van der Waals surface area contributed by atoms with E-state index in [0.29, 0.717) is 10.9 Å². The largest absolute Gasteiger partial charge is 0.271 e. The van der Waals surface area contributed by atoms with Crippen molar-refractivity contribution in [2.75, 3.05) is 0 Å². The lowest BCUT2D eigenvalue weighted by Crippen LogP contribution is -2.31. The summed E-state index contributed by atoms with van der Waals surface area (Å²) in [5.41, 5.74) is 5.67. The van der Waals surface area contributed by atoms with Crippen molar-refractivity contribution in [2.45, 2.75) is 26.3 Å². The molecule has 0 amide bonds. The average Bonchev–Trinajstić information content (AvgIpc) is 2.35. The number of aryl methyl sites for hydroxylation is 2. The number of rotatable bonds is 4. The van der Waals surface area contributed by atoms with Crippen molar-refractivity contribution in [1.82, 2.24) is 5.43 Å². The van der Waals surface area contributed by atoms with Crippen LogP contribution in [0.25, 0.3) is 0 Å². The first kappa shape index (κ1) is 16.1. The molecule has 0 bridgehead atoms. The Morgan fingerprint density at radius 2 is 1.57 bits per heavy atom. The summed E-state index contributed by atoms with van der Waals surface area (Å²) in [6.07, 6.45) is 0.411. The highest BCUT2D eigenvalue weighted by Gasteiger charge is 2.20. The van der Waals surface area contributed by atoms with Crippen LogP contribution in [0, 0.1) is 25.5 Å². The molecule has 2 rings (SSSR count). The Labute approximate surface area is 131 Å². The normalized spacial score (nSPS) is 12.5. The maximum Gasteiger partial charge on any atom is 0.132 e. The Bertz CT molecular complexity index is 615. The van der Waals surface area contributed by atoms with Crippen LogP contribution in [0.4, 0.5) is 8.78 Å². The predicted molar refractivity (Wildman–Crippen MR) is 83.7 cm³/mol. The highest BCUT2D eigenvalue weighted by atomic mass is 79.9. The molecule has 5 heteroatoms. The zero-order valence-electron chi connectivity index (χ0n) is 11.9. The molecule has 0 aliphatic carbocycles. The number of benzene rings is 2. The molecule has 0 aromatic heterocycles. The maximum absolute atomic E-state index is 14.0. The number of hydrogen-bond acceptors (Lipinski definition) is 2. The Morgan fingerprint density at radius 3 is 2.05 bits per heavy atom. The van der Waals surface area contributed by atoms with Crippen LogP contribution in [0.1, 0.15) is 28.3 Å². The number of nitrogens with two attached hydrogens (primary N) is 1. The summed E-state index contributed by atoms with van der Waals surface area (Å²) in [5.74, 6) is 4.28. The quantitative estimate of drug-likeness (QED) is 0.640. The summed E-state index contributed by atoms with van der Waals surface area (Å²) in [5, 5.41) is 0. The SMILES string of the molecule is Cc1cc(C)cc(CC(NN)c2c(F)cc(Br)cc2F)c1. The van der Waals surface area contributed by atoms with E-state index in [2.05, 4.69) is 27.4 Å². The van der Waals surface area contributed by atoms with Crippen molar-refractivity contribution in [3.8, 4) is 0 Å². The molecule has 0 radical (unpaired) electrons. The molecule has 3 N–H and O–H groups in total. The van der Waals surface area contributed by atoms with Crippen LogP contribution in [0.5, 0.6) is 0 Å². The minimum Gasteiger partial charge on any atom is -0.271 e. The van der Waals surface area contributed by atoms with E-state index in [1.165, 1.54) is 12.1 Å². The molecule has 0 fully saturated rings. The van der Waals surface area contributed by atoms with E-state index in [9.17, 15) is 8.78 Å². The highest BCUT2D eigenvalue weighted by molar-refractivity contribution is 9.10. The van der Waals surface area contributed by atoms with E-state index in [1.54, 1.807) is 0 Å². The van der Waals surface area contributed by atoms with Crippen LogP contribution in [-0.2, 0) is 6.42 Å². The van der Waals surface area contributed by atoms with E-state index < -0.39 is 17.7 Å². The molecule has 0 aliphatic heterocycles. The minimum absolute atomic E-state index is 0.0418. The van der Waals surface area contributed by atoms with Crippen LogP contribution < -0.4 is 11.3 Å². The van der Waals surface area contributed by atoms with Gasteiger partial charge in [-0.15, -0.1) is 0 Å². The van der Waals surface area contributed by atoms with Gasteiger partial charge in [0.25, 0.3) is 0 Å². The molecule has 2 aromatic carbocycles. The number of hydrogen-bond donors (Lipinski definition) is 2. The summed E-state index contributed by atoms with van der Waals surface area (Å²) in [7, 11) is 0. The molecular weight excluding hydrogens is 338 g/mol. The van der Waals surface area contributed by atoms with Gasteiger partial charge in [0.05, 0.1) is 6.04 Å². The predicted octanol–water partition coefficient (Wildman–Crippen LogP) is 4.09. The molecule has 1 unspecified atom stereocenters. The van der Waals surface area contributed by atoms with Crippen molar-refractivity contribution >= 4 is 15.9 Å². The second-order valence-electron chi connectivity index (χ2n) is 5.20. The van der Waals surface area contributed by atoms with Gasteiger partial charge in [-0.05, 0) is 38.0 Å². The van der Waals surface area contributed by atoms with Crippen molar-refractivity contribution in [2.24, 2.45) is 5.84 Å². The van der Waals surface area contributed by atoms with Gasteiger partial charge in [-0.3, -0.25) is 11.3 Å². The number of nitrogens with one attached hydrogen (secondary N) is 1. The molecule has 21 heavy (non-hydrogen) atoms. The van der Waals surface area contributed by atoms with Crippen molar-refractivity contribution in [1.29, 1.82) is 0 Å². The lowest BCUT2D eigenvalue weighted by atomic mass is 9.96. The first-order chi connectivity index (χ1) is 9.90. The third kappa shape index (κ3) is 3.87. The summed E-state index contributed by atoms with van der Waals surface area (Å²) >= 11 is 3.07. The average molecular weight is 355 g/mol. The van der Waals surface area contributed by atoms with Crippen molar-refractivity contribution < 1.29 is 8.78 Å². The third-order valence-corrected chi connectivity index (χ3v) is 3.77. The van der Waals surface area contributed by atoms with E-state index in [1.807, 2.05) is 26.0 Å². The molecule has 0 heterocycles. The topological polar surface area (TPSA) is 38.0 Å². The number of hydrazine groups is 1.